The molecule has 4 heteroatoms. The summed E-state index contributed by atoms with van der Waals surface area (Å²) in [5.41, 5.74) is 3.45. The second-order valence-electron chi connectivity index (χ2n) is 7.22. The fourth-order valence-corrected chi connectivity index (χ4v) is 3.71. The number of amides is 3. The van der Waals surface area contributed by atoms with Crippen molar-refractivity contribution >= 4 is 11.9 Å². The zero-order valence-corrected chi connectivity index (χ0v) is 16.0. The predicted octanol–water partition coefficient (Wildman–Crippen LogP) is 4.30. The number of nitrogens with zero attached hydrogens (tertiary/aromatic N) is 1. The highest BCUT2D eigenvalue weighted by Gasteiger charge is 2.53. The van der Waals surface area contributed by atoms with Gasteiger partial charge in [0, 0.05) is 0 Å². The van der Waals surface area contributed by atoms with Crippen molar-refractivity contribution in [2.75, 3.05) is 0 Å². The normalized spacial score (nSPS) is 19.0. The topological polar surface area (TPSA) is 49.4 Å². The van der Waals surface area contributed by atoms with Crippen molar-refractivity contribution in [2.24, 2.45) is 0 Å². The largest absolute Gasteiger partial charge is 0.325 e. The minimum absolute atomic E-state index is 0.241. The third-order valence-corrected chi connectivity index (χ3v) is 5.44. The number of carbonyl (C=O) groups excluding carboxylic acids is 2. The lowest BCUT2D eigenvalue weighted by Crippen LogP contribution is -2.45. The molecule has 1 N–H and O–H groups in total. The van der Waals surface area contributed by atoms with Gasteiger partial charge in [-0.1, -0.05) is 78.9 Å². The van der Waals surface area contributed by atoms with Crippen LogP contribution in [0, 0.1) is 13.8 Å². The Balaban J connectivity index is 1.84. The maximum atomic E-state index is 13.7. The summed E-state index contributed by atoms with van der Waals surface area (Å²) < 4.78 is 0. The number of urea groups is 1. The quantitative estimate of drug-likeness (QED) is 0.696. The molecule has 0 aromatic heterocycles. The summed E-state index contributed by atoms with van der Waals surface area (Å²) in [5.74, 6) is -0.254. The second-order valence-corrected chi connectivity index (χ2v) is 7.22. The molecule has 3 amide bonds. The molecule has 1 unspecified atom stereocenters. The van der Waals surface area contributed by atoms with Gasteiger partial charge in [0.1, 0.15) is 0 Å². The first-order valence-corrected chi connectivity index (χ1v) is 9.33. The van der Waals surface area contributed by atoms with Crippen molar-refractivity contribution in [3.63, 3.8) is 0 Å². The number of hydrogen-bond donors (Lipinski definition) is 1. The van der Waals surface area contributed by atoms with Crippen LogP contribution in [0.15, 0.2) is 78.9 Å². The number of carbonyl (C=O) groups is 2. The third kappa shape index (κ3) is 2.87. The molecule has 4 rings (SSSR count). The lowest BCUT2D eigenvalue weighted by atomic mass is 9.81. The second kappa shape index (κ2) is 6.97. The molecule has 1 aliphatic rings. The highest BCUT2D eigenvalue weighted by molar-refractivity contribution is 6.09. The summed E-state index contributed by atoms with van der Waals surface area (Å²) in [6.07, 6.45) is 0. The first kappa shape index (κ1) is 18.0. The zero-order chi connectivity index (χ0) is 19.7. The van der Waals surface area contributed by atoms with Crippen LogP contribution in [0.4, 0.5) is 4.79 Å². The molecule has 140 valence electrons. The molecule has 28 heavy (non-hydrogen) atoms. The van der Waals surface area contributed by atoms with Gasteiger partial charge in [-0.15, -0.1) is 0 Å². The molecule has 1 atom stereocenters. The Kier molecular flexibility index (Phi) is 4.47. The van der Waals surface area contributed by atoms with Crippen molar-refractivity contribution in [2.45, 2.75) is 25.9 Å². The Hall–Kier alpha value is -3.40. The number of rotatable bonds is 4. The van der Waals surface area contributed by atoms with Crippen molar-refractivity contribution < 1.29 is 9.59 Å². The van der Waals surface area contributed by atoms with E-state index in [4.69, 9.17) is 0 Å². The van der Waals surface area contributed by atoms with Gasteiger partial charge in [-0.2, -0.15) is 0 Å². The summed E-state index contributed by atoms with van der Waals surface area (Å²) in [5, 5.41) is 3.00. The molecule has 0 bridgehead atoms. The standard InChI is InChI=1S/C24H22N2O2/c1-17-13-14-21(15-18(17)2)24(20-11-7-4-8-12-20)22(27)26(23(28)25-24)16-19-9-5-3-6-10-19/h3-15H,16H2,1-2H3,(H,25,28). The average molecular weight is 370 g/mol. The minimum Gasteiger partial charge on any atom is -0.315 e. The van der Waals surface area contributed by atoms with Crippen LogP contribution in [0.2, 0.25) is 0 Å². The molecule has 0 spiro atoms. The van der Waals surface area contributed by atoms with Crippen molar-refractivity contribution in [3.8, 4) is 0 Å². The van der Waals surface area contributed by atoms with Crippen LogP contribution < -0.4 is 5.32 Å². The van der Waals surface area contributed by atoms with E-state index in [-0.39, 0.29) is 18.5 Å². The molecular weight excluding hydrogens is 348 g/mol. The van der Waals surface area contributed by atoms with Gasteiger partial charge in [0.15, 0.2) is 5.54 Å². The average Bonchev–Trinajstić information content (AvgIpc) is 2.97. The van der Waals surface area contributed by atoms with Crippen LogP contribution in [0.25, 0.3) is 0 Å². The molecule has 1 fully saturated rings. The summed E-state index contributed by atoms with van der Waals surface area (Å²) in [4.78, 5) is 27.9. The Labute approximate surface area is 164 Å². The van der Waals surface area contributed by atoms with E-state index in [0.29, 0.717) is 0 Å². The molecule has 1 heterocycles. The van der Waals surface area contributed by atoms with Crippen LogP contribution in [-0.2, 0) is 16.9 Å². The molecule has 0 saturated carbocycles. The Morgan fingerprint density at radius 1 is 0.786 bits per heavy atom. The molecule has 0 radical (unpaired) electrons. The van der Waals surface area contributed by atoms with Gasteiger partial charge in [-0.3, -0.25) is 9.69 Å². The smallest absolute Gasteiger partial charge is 0.315 e. The number of aryl methyl sites for hydroxylation is 2. The van der Waals surface area contributed by atoms with E-state index in [1.54, 1.807) is 0 Å². The molecule has 3 aromatic carbocycles. The van der Waals surface area contributed by atoms with Crippen molar-refractivity contribution in [1.29, 1.82) is 0 Å². The number of benzene rings is 3. The summed E-state index contributed by atoms with van der Waals surface area (Å²) >= 11 is 0. The summed E-state index contributed by atoms with van der Waals surface area (Å²) in [6.45, 7) is 4.29. The van der Waals surface area contributed by atoms with Crippen LogP contribution in [0.1, 0.15) is 27.8 Å². The molecular formula is C24H22N2O2. The van der Waals surface area contributed by atoms with Gasteiger partial charge in [0.2, 0.25) is 0 Å². The molecule has 3 aromatic rings. The molecule has 4 nitrogen and oxygen atoms in total. The highest BCUT2D eigenvalue weighted by atomic mass is 16.2. The monoisotopic (exact) mass is 370 g/mol. The fraction of sp³-hybridized carbons (Fsp3) is 0.167. The predicted molar refractivity (Wildman–Crippen MR) is 109 cm³/mol. The van der Waals surface area contributed by atoms with Gasteiger partial charge in [0.05, 0.1) is 6.54 Å². The summed E-state index contributed by atoms with van der Waals surface area (Å²) in [6, 6.07) is 24.5. The van der Waals surface area contributed by atoms with Gasteiger partial charge in [-0.05, 0) is 41.7 Å². The lowest BCUT2D eigenvalue weighted by molar-refractivity contribution is -0.130. The van der Waals surface area contributed by atoms with E-state index in [0.717, 1.165) is 27.8 Å². The van der Waals surface area contributed by atoms with E-state index in [1.807, 2.05) is 92.7 Å². The number of nitrogens with one attached hydrogen (secondary N) is 1. The maximum Gasteiger partial charge on any atom is 0.325 e. The first-order valence-electron chi connectivity index (χ1n) is 9.33. The van der Waals surface area contributed by atoms with E-state index in [1.165, 1.54) is 4.90 Å². The Bertz CT molecular complexity index is 1030. The van der Waals surface area contributed by atoms with E-state index in [2.05, 4.69) is 5.32 Å². The SMILES string of the molecule is Cc1ccc(C2(c3ccccc3)NC(=O)N(Cc3ccccc3)C2=O)cc1C. The van der Waals surface area contributed by atoms with Gasteiger partial charge >= 0.3 is 6.03 Å². The van der Waals surface area contributed by atoms with Gasteiger partial charge < -0.3 is 5.32 Å². The number of hydrogen-bond acceptors (Lipinski definition) is 2. The summed E-state index contributed by atoms with van der Waals surface area (Å²) in [7, 11) is 0. The molecule has 1 aliphatic heterocycles. The number of imide groups is 1. The lowest BCUT2D eigenvalue weighted by Gasteiger charge is -2.28. The molecule has 0 aliphatic carbocycles. The highest BCUT2D eigenvalue weighted by Crippen LogP contribution is 2.37. The van der Waals surface area contributed by atoms with Crippen LogP contribution in [-0.4, -0.2) is 16.8 Å². The third-order valence-electron chi connectivity index (χ3n) is 5.44. The van der Waals surface area contributed by atoms with E-state index >= 15 is 0 Å². The van der Waals surface area contributed by atoms with Crippen LogP contribution in [0.5, 0.6) is 0 Å². The van der Waals surface area contributed by atoms with Crippen molar-refractivity contribution in [3.05, 3.63) is 107 Å². The van der Waals surface area contributed by atoms with Gasteiger partial charge in [0.25, 0.3) is 5.91 Å². The van der Waals surface area contributed by atoms with E-state index in [9.17, 15) is 9.59 Å². The fourth-order valence-electron chi connectivity index (χ4n) is 3.71. The van der Waals surface area contributed by atoms with Crippen molar-refractivity contribution in [1.82, 2.24) is 10.2 Å². The Morgan fingerprint density at radius 3 is 2.07 bits per heavy atom. The van der Waals surface area contributed by atoms with E-state index < -0.39 is 5.54 Å². The minimum atomic E-state index is -1.22. The van der Waals surface area contributed by atoms with Gasteiger partial charge in [-0.25, -0.2) is 4.79 Å². The van der Waals surface area contributed by atoms with Crippen LogP contribution in [0.3, 0.4) is 0 Å². The maximum absolute atomic E-state index is 13.7. The first-order chi connectivity index (χ1) is 13.5. The molecule has 1 saturated heterocycles. The zero-order valence-electron chi connectivity index (χ0n) is 16.0. The van der Waals surface area contributed by atoms with Crippen LogP contribution >= 0.6 is 0 Å². The Morgan fingerprint density at radius 2 is 1.43 bits per heavy atom.